The molecule has 0 bridgehead atoms. The number of Topliss-reactive ketones (excluding diaryl/α,β-unsaturated/α-hetero) is 1. The molecule has 5 rings (SSSR count). The van der Waals surface area contributed by atoms with Gasteiger partial charge in [0.15, 0.2) is 0 Å². The molecule has 2 saturated heterocycles. The molecule has 1 saturated carbocycles. The first kappa shape index (κ1) is 15.8. The van der Waals surface area contributed by atoms with Crippen LogP contribution in [0.15, 0.2) is 60.7 Å². The number of amides is 1. The SMILES string of the molecule is O=C1[C@@H](Cc2ccccc2)C[C@@H]2[C@H]1[C@@H](c1ccccc1)N1CCC(=O)N21. The van der Waals surface area contributed by atoms with E-state index in [9.17, 15) is 9.59 Å². The summed E-state index contributed by atoms with van der Waals surface area (Å²) < 4.78 is 0. The summed E-state index contributed by atoms with van der Waals surface area (Å²) in [4.78, 5) is 25.9. The minimum Gasteiger partial charge on any atom is -0.299 e. The van der Waals surface area contributed by atoms with Crippen molar-refractivity contribution in [2.45, 2.75) is 31.3 Å². The maximum Gasteiger partial charge on any atom is 0.238 e. The van der Waals surface area contributed by atoms with Crippen molar-refractivity contribution in [3.05, 3.63) is 71.8 Å². The number of carbonyl (C=O) groups excluding carboxylic acids is 2. The van der Waals surface area contributed by atoms with Crippen molar-refractivity contribution >= 4 is 11.7 Å². The Balaban J connectivity index is 1.49. The molecule has 132 valence electrons. The van der Waals surface area contributed by atoms with Gasteiger partial charge in [-0.3, -0.25) is 14.6 Å². The van der Waals surface area contributed by atoms with Crippen molar-refractivity contribution in [1.29, 1.82) is 0 Å². The Bertz CT molecular complexity index is 836. The van der Waals surface area contributed by atoms with Crippen LogP contribution in [0.3, 0.4) is 0 Å². The Hall–Kier alpha value is -2.46. The highest BCUT2D eigenvalue weighted by Gasteiger charge is 2.60. The average Bonchev–Trinajstić information content (AvgIpc) is 3.29. The van der Waals surface area contributed by atoms with Gasteiger partial charge in [0.1, 0.15) is 5.78 Å². The van der Waals surface area contributed by atoms with E-state index in [0.29, 0.717) is 12.2 Å². The topological polar surface area (TPSA) is 40.6 Å². The van der Waals surface area contributed by atoms with Gasteiger partial charge >= 0.3 is 0 Å². The van der Waals surface area contributed by atoms with Crippen LogP contribution in [0, 0.1) is 11.8 Å². The van der Waals surface area contributed by atoms with E-state index in [-0.39, 0.29) is 29.8 Å². The third-order valence-corrected chi connectivity index (χ3v) is 6.20. The molecule has 4 heteroatoms. The highest BCUT2D eigenvalue weighted by molar-refractivity contribution is 5.90. The van der Waals surface area contributed by atoms with Crippen LogP contribution in [0.4, 0.5) is 0 Å². The van der Waals surface area contributed by atoms with Crippen molar-refractivity contribution < 1.29 is 9.59 Å². The number of nitrogens with zero attached hydrogens (tertiary/aromatic N) is 2. The van der Waals surface area contributed by atoms with Gasteiger partial charge in [-0.25, -0.2) is 5.01 Å². The van der Waals surface area contributed by atoms with Gasteiger partial charge in [-0.05, 0) is 24.0 Å². The van der Waals surface area contributed by atoms with Gasteiger partial charge < -0.3 is 0 Å². The van der Waals surface area contributed by atoms with E-state index in [1.54, 1.807) is 0 Å². The van der Waals surface area contributed by atoms with Gasteiger partial charge in [0.2, 0.25) is 5.91 Å². The summed E-state index contributed by atoms with van der Waals surface area (Å²) >= 11 is 0. The van der Waals surface area contributed by atoms with E-state index in [4.69, 9.17) is 0 Å². The Morgan fingerprint density at radius 2 is 1.62 bits per heavy atom. The Kier molecular flexibility index (Phi) is 3.68. The minimum atomic E-state index is -0.102. The summed E-state index contributed by atoms with van der Waals surface area (Å²) in [5.41, 5.74) is 2.35. The normalized spacial score (nSPS) is 30.7. The minimum absolute atomic E-state index is 0.000855. The van der Waals surface area contributed by atoms with Gasteiger partial charge in [-0.2, -0.15) is 0 Å². The molecule has 3 fully saturated rings. The molecule has 0 unspecified atom stereocenters. The van der Waals surface area contributed by atoms with Gasteiger partial charge in [0, 0.05) is 18.9 Å². The molecule has 2 aromatic rings. The molecular weight excluding hydrogens is 324 g/mol. The lowest BCUT2D eigenvalue weighted by atomic mass is 9.88. The van der Waals surface area contributed by atoms with Crippen LogP contribution in [0.25, 0.3) is 0 Å². The summed E-state index contributed by atoms with van der Waals surface area (Å²) in [5, 5.41) is 4.08. The van der Waals surface area contributed by atoms with Gasteiger partial charge in [-0.1, -0.05) is 60.7 Å². The predicted octanol–water partition coefficient (Wildman–Crippen LogP) is 3.01. The number of ketones is 1. The molecule has 1 amide bonds. The molecule has 3 aliphatic rings. The van der Waals surface area contributed by atoms with E-state index >= 15 is 0 Å². The summed E-state index contributed by atoms with van der Waals surface area (Å²) in [5.74, 6) is 0.408. The zero-order valence-corrected chi connectivity index (χ0v) is 14.6. The summed E-state index contributed by atoms with van der Waals surface area (Å²) in [7, 11) is 0. The monoisotopic (exact) mass is 346 g/mol. The highest BCUT2D eigenvalue weighted by atomic mass is 16.2. The maximum atomic E-state index is 13.3. The second-order valence-electron chi connectivity index (χ2n) is 7.62. The molecule has 1 aliphatic carbocycles. The van der Waals surface area contributed by atoms with E-state index in [1.807, 2.05) is 41.4 Å². The number of hydrogen-bond acceptors (Lipinski definition) is 3. The van der Waals surface area contributed by atoms with Crippen LogP contribution in [0.5, 0.6) is 0 Å². The van der Waals surface area contributed by atoms with Crippen LogP contribution in [-0.2, 0) is 16.0 Å². The summed E-state index contributed by atoms with van der Waals surface area (Å²) in [6, 6.07) is 20.5. The lowest BCUT2D eigenvalue weighted by molar-refractivity contribution is -0.139. The molecule has 0 radical (unpaired) electrons. The van der Waals surface area contributed by atoms with Crippen LogP contribution in [0.1, 0.15) is 30.0 Å². The second-order valence-corrected chi connectivity index (χ2v) is 7.62. The fraction of sp³-hybridized carbons (Fsp3) is 0.364. The van der Waals surface area contributed by atoms with E-state index in [0.717, 1.165) is 24.9 Å². The maximum absolute atomic E-state index is 13.3. The smallest absolute Gasteiger partial charge is 0.238 e. The third kappa shape index (κ3) is 2.32. The summed E-state index contributed by atoms with van der Waals surface area (Å²) in [6.07, 6.45) is 2.12. The molecule has 0 aromatic heterocycles. The standard InChI is InChI=1S/C22H22N2O2/c25-19-11-12-23-21(16-9-5-2-6-10-16)20-18(24(19)23)14-17(22(20)26)13-15-7-3-1-4-8-15/h1-10,17-18,20-21H,11-14H2/t17-,18+,20-,21+/m0/s1. The van der Waals surface area contributed by atoms with Crippen molar-refractivity contribution in [3.8, 4) is 0 Å². The lowest BCUT2D eigenvalue weighted by Crippen LogP contribution is -2.39. The highest BCUT2D eigenvalue weighted by Crippen LogP contribution is 2.51. The fourth-order valence-corrected chi connectivity index (χ4v) is 5.16. The predicted molar refractivity (Wildman–Crippen MR) is 97.9 cm³/mol. The van der Waals surface area contributed by atoms with Crippen LogP contribution in [-0.4, -0.2) is 34.3 Å². The Morgan fingerprint density at radius 3 is 2.35 bits per heavy atom. The van der Waals surface area contributed by atoms with Gasteiger partial charge in [0.25, 0.3) is 0 Å². The molecule has 4 atom stereocenters. The zero-order valence-electron chi connectivity index (χ0n) is 14.6. The van der Waals surface area contributed by atoms with E-state index < -0.39 is 0 Å². The average molecular weight is 346 g/mol. The third-order valence-electron chi connectivity index (χ3n) is 6.20. The summed E-state index contributed by atoms with van der Waals surface area (Å²) in [6.45, 7) is 0.724. The number of benzene rings is 2. The first-order valence-electron chi connectivity index (χ1n) is 9.45. The number of carbonyl (C=O) groups is 2. The number of rotatable bonds is 3. The first-order valence-corrected chi connectivity index (χ1v) is 9.45. The number of hydrogen-bond donors (Lipinski definition) is 0. The molecule has 4 nitrogen and oxygen atoms in total. The van der Waals surface area contributed by atoms with Crippen molar-refractivity contribution in [2.24, 2.45) is 11.8 Å². The molecular formula is C22H22N2O2. The van der Waals surface area contributed by atoms with Gasteiger partial charge in [0.05, 0.1) is 18.0 Å². The van der Waals surface area contributed by atoms with E-state index in [1.165, 1.54) is 5.56 Å². The Morgan fingerprint density at radius 1 is 0.923 bits per heavy atom. The molecule has 2 aromatic carbocycles. The quantitative estimate of drug-likeness (QED) is 0.858. The van der Waals surface area contributed by atoms with Gasteiger partial charge in [-0.15, -0.1) is 0 Å². The molecule has 26 heavy (non-hydrogen) atoms. The second kappa shape index (κ2) is 6.06. The molecule has 0 N–H and O–H groups in total. The van der Waals surface area contributed by atoms with E-state index in [2.05, 4.69) is 29.3 Å². The van der Waals surface area contributed by atoms with Crippen molar-refractivity contribution in [1.82, 2.24) is 10.0 Å². The zero-order chi connectivity index (χ0) is 17.7. The number of fused-ring (bicyclic) bond motifs is 3. The molecule has 2 aliphatic heterocycles. The molecule has 0 spiro atoms. The Labute approximate surface area is 153 Å². The fourth-order valence-electron chi connectivity index (χ4n) is 5.16. The van der Waals surface area contributed by atoms with Crippen molar-refractivity contribution in [3.63, 3.8) is 0 Å². The van der Waals surface area contributed by atoms with Crippen LogP contribution in [0.2, 0.25) is 0 Å². The lowest BCUT2D eigenvalue weighted by Gasteiger charge is -2.29. The largest absolute Gasteiger partial charge is 0.299 e. The first-order chi connectivity index (χ1) is 12.7. The van der Waals surface area contributed by atoms with Crippen LogP contribution >= 0.6 is 0 Å². The van der Waals surface area contributed by atoms with Crippen LogP contribution < -0.4 is 0 Å². The number of hydrazine groups is 1. The molecule has 2 heterocycles. The van der Waals surface area contributed by atoms with Crippen molar-refractivity contribution in [2.75, 3.05) is 6.54 Å².